The van der Waals surface area contributed by atoms with E-state index in [9.17, 15) is 9.59 Å². The first kappa shape index (κ1) is 20.7. The lowest BCUT2D eigenvalue weighted by Crippen LogP contribution is -2.57. The van der Waals surface area contributed by atoms with Gasteiger partial charge in [-0.05, 0) is 49.6 Å². The third kappa shape index (κ3) is 3.36. The lowest BCUT2D eigenvalue weighted by atomic mass is 9.64. The number of hydrogen-bond acceptors (Lipinski definition) is 4. The van der Waals surface area contributed by atoms with Crippen LogP contribution < -0.4 is 15.8 Å². The van der Waals surface area contributed by atoms with Crippen molar-refractivity contribution < 1.29 is 14.3 Å². The summed E-state index contributed by atoms with van der Waals surface area (Å²) in [5.41, 5.74) is 6.29. The molecule has 1 aliphatic heterocycles. The van der Waals surface area contributed by atoms with Crippen molar-refractivity contribution in [1.29, 1.82) is 0 Å². The first-order chi connectivity index (χ1) is 14.8. The summed E-state index contributed by atoms with van der Waals surface area (Å²) < 4.78 is 8.00. The molecule has 0 fully saturated rings. The molecule has 4 rings (SSSR count). The van der Waals surface area contributed by atoms with Crippen LogP contribution in [0.2, 0.25) is 0 Å². The van der Waals surface area contributed by atoms with Gasteiger partial charge in [-0.3, -0.25) is 14.3 Å². The number of ether oxygens (including phenoxy) is 1. The van der Waals surface area contributed by atoms with Gasteiger partial charge in [-0.15, -0.1) is 0 Å². The van der Waals surface area contributed by atoms with Gasteiger partial charge < -0.3 is 15.8 Å². The van der Waals surface area contributed by atoms with Crippen LogP contribution in [0.1, 0.15) is 40.9 Å². The van der Waals surface area contributed by atoms with Gasteiger partial charge in [0.25, 0.3) is 0 Å². The number of amides is 2. The second-order valence-corrected chi connectivity index (χ2v) is 8.33. The fraction of sp³-hybridized carbons (Fsp3) is 0.292. The second-order valence-electron chi connectivity index (χ2n) is 8.33. The van der Waals surface area contributed by atoms with E-state index in [1.54, 1.807) is 29.1 Å². The minimum absolute atomic E-state index is 0.187. The zero-order valence-corrected chi connectivity index (χ0v) is 17.9. The van der Waals surface area contributed by atoms with Crippen LogP contribution in [0.25, 0.3) is 0 Å². The monoisotopic (exact) mass is 418 g/mol. The Morgan fingerprint density at radius 2 is 1.90 bits per heavy atom. The fourth-order valence-corrected chi connectivity index (χ4v) is 4.51. The Balaban J connectivity index is 1.78. The molecule has 2 heterocycles. The molecular formula is C24H26N4O3. The molecule has 1 aromatic heterocycles. The second kappa shape index (κ2) is 7.58. The molecule has 1 unspecified atom stereocenters. The van der Waals surface area contributed by atoms with Crippen molar-refractivity contribution in [2.75, 3.05) is 6.54 Å². The number of carbonyl (C=O) groups is 2. The number of nitrogens with zero attached hydrogens (tertiary/aromatic N) is 2. The van der Waals surface area contributed by atoms with E-state index in [0.29, 0.717) is 29.8 Å². The number of hydrogen-bond donors (Lipinski definition) is 2. The van der Waals surface area contributed by atoms with Crippen molar-refractivity contribution in [1.82, 2.24) is 15.1 Å². The van der Waals surface area contributed by atoms with E-state index < -0.39 is 16.9 Å². The Hall–Kier alpha value is -3.61. The van der Waals surface area contributed by atoms with Crippen LogP contribution in [0.3, 0.4) is 0 Å². The largest absolute Gasteiger partial charge is 0.486 e. The number of benzene rings is 2. The highest BCUT2D eigenvalue weighted by Gasteiger charge is 2.61. The highest BCUT2D eigenvalue weighted by atomic mass is 16.5. The third-order valence-corrected chi connectivity index (χ3v) is 5.94. The Kier molecular flexibility index (Phi) is 5.05. The van der Waals surface area contributed by atoms with Crippen molar-refractivity contribution in [3.05, 3.63) is 83.2 Å². The quantitative estimate of drug-likeness (QED) is 0.642. The van der Waals surface area contributed by atoms with Gasteiger partial charge in [0.15, 0.2) is 0 Å². The van der Waals surface area contributed by atoms with Gasteiger partial charge in [0, 0.05) is 30.9 Å². The van der Waals surface area contributed by atoms with Crippen LogP contribution in [0.15, 0.2) is 60.9 Å². The molecule has 0 saturated heterocycles. The maximum absolute atomic E-state index is 13.9. The predicted molar refractivity (Wildman–Crippen MR) is 117 cm³/mol. The standard InChI is InChI=1S/C24H26N4O3/c1-23(2)24(18-7-5-4-6-8-18,19-13-17(21(25)29)9-10-20(19)31-23)22(30)26-12-11-16-14-27-28(3)15-16/h4-10,13-15H,11-12H2,1-3H3,(H2,25,29)(H,26,30). The van der Waals surface area contributed by atoms with Crippen LogP contribution in [-0.4, -0.2) is 33.7 Å². The lowest BCUT2D eigenvalue weighted by Gasteiger charge is -2.39. The highest BCUT2D eigenvalue weighted by Crippen LogP contribution is 2.53. The summed E-state index contributed by atoms with van der Waals surface area (Å²) in [7, 11) is 1.86. The zero-order valence-electron chi connectivity index (χ0n) is 17.9. The average Bonchev–Trinajstić information content (AvgIpc) is 3.25. The maximum Gasteiger partial charge on any atom is 0.248 e. The zero-order chi connectivity index (χ0) is 22.2. The summed E-state index contributed by atoms with van der Waals surface area (Å²) in [6, 6.07) is 14.5. The van der Waals surface area contributed by atoms with Crippen LogP contribution in [0, 0.1) is 0 Å². The maximum atomic E-state index is 13.9. The van der Waals surface area contributed by atoms with Gasteiger partial charge in [-0.25, -0.2) is 0 Å². The van der Waals surface area contributed by atoms with Gasteiger partial charge in [0.2, 0.25) is 11.8 Å². The van der Waals surface area contributed by atoms with Crippen molar-refractivity contribution in [3.63, 3.8) is 0 Å². The molecule has 0 saturated carbocycles. The van der Waals surface area contributed by atoms with Crippen molar-refractivity contribution in [3.8, 4) is 5.75 Å². The van der Waals surface area contributed by atoms with E-state index in [2.05, 4.69) is 10.4 Å². The molecule has 3 N–H and O–H groups in total. The number of aryl methyl sites for hydroxylation is 1. The van der Waals surface area contributed by atoms with Gasteiger partial charge >= 0.3 is 0 Å². The van der Waals surface area contributed by atoms with E-state index in [-0.39, 0.29) is 5.91 Å². The van der Waals surface area contributed by atoms with Crippen LogP contribution >= 0.6 is 0 Å². The number of aromatic nitrogens is 2. The van der Waals surface area contributed by atoms with Crippen molar-refractivity contribution in [2.24, 2.45) is 12.8 Å². The summed E-state index contributed by atoms with van der Waals surface area (Å²) in [6.45, 7) is 4.23. The molecule has 7 heteroatoms. The molecular weight excluding hydrogens is 392 g/mol. The number of nitrogens with two attached hydrogens (primary N) is 1. The van der Waals surface area contributed by atoms with Crippen LogP contribution in [0.5, 0.6) is 5.75 Å². The molecule has 0 spiro atoms. The number of fused-ring (bicyclic) bond motifs is 1. The molecule has 2 amide bonds. The summed E-state index contributed by atoms with van der Waals surface area (Å²) in [5.74, 6) is -0.166. The fourth-order valence-electron chi connectivity index (χ4n) is 4.51. The Morgan fingerprint density at radius 1 is 1.16 bits per heavy atom. The first-order valence-corrected chi connectivity index (χ1v) is 10.2. The Labute approximate surface area is 181 Å². The van der Waals surface area contributed by atoms with Crippen molar-refractivity contribution >= 4 is 11.8 Å². The minimum atomic E-state index is -1.15. The Bertz CT molecular complexity index is 1140. The minimum Gasteiger partial charge on any atom is -0.486 e. The molecule has 3 aromatic rings. The molecule has 0 aliphatic carbocycles. The Morgan fingerprint density at radius 3 is 2.55 bits per heavy atom. The number of primary amides is 1. The number of carbonyl (C=O) groups excluding carboxylic acids is 2. The van der Waals surface area contributed by atoms with E-state index in [4.69, 9.17) is 10.5 Å². The third-order valence-electron chi connectivity index (χ3n) is 5.94. The van der Waals surface area contributed by atoms with Gasteiger partial charge in [-0.1, -0.05) is 30.3 Å². The highest BCUT2D eigenvalue weighted by molar-refractivity contribution is 5.98. The molecule has 160 valence electrons. The smallest absolute Gasteiger partial charge is 0.248 e. The van der Waals surface area contributed by atoms with E-state index in [1.807, 2.05) is 57.4 Å². The first-order valence-electron chi connectivity index (χ1n) is 10.2. The molecule has 0 radical (unpaired) electrons. The van der Waals surface area contributed by atoms with Crippen LogP contribution in [-0.2, 0) is 23.7 Å². The molecule has 0 bridgehead atoms. The SMILES string of the molecule is Cn1cc(CCNC(=O)C2(c3ccccc3)c3cc(C(N)=O)ccc3OC2(C)C)cn1. The van der Waals surface area contributed by atoms with Gasteiger partial charge in [0.1, 0.15) is 16.8 Å². The number of nitrogens with one attached hydrogen (secondary N) is 1. The molecule has 7 nitrogen and oxygen atoms in total. The van der Waals surface area contributed by atoms with Gasteiger partial charge in [0.05, 0.1) is 6.20 Å². The molecule has 2 aromatic carbocycles. The molecule has 1 aliphatic rings. The van der Waals surface area contributed by atoms with Crippen LogP contribution in [0.4, 0.5) is 0 Å². The molecule has 1 atom stereocenters. The predicted octanol–water partition coefficient (Wildman–Crippen LogP) is 2.33. The normalized spacial score (nSPS) is 18.8. The van der Waals surface area contributed by atoms with Gasteiger partial charge in [-0.2, -0.15) is 5.10 Å². The summed E-state index contributed by atoms with van der Waals surface area (Å²) >= 11 is 0. The summed E-state index contributed by atoms with van der Waals surface area (Å²) in [5, 5.41) is 7.27. The van der Waals surface area contributed by atoms with E-state index in [0.717, 1.165) is 11.1 Å². The number of rotatable bonds is 6. The van der Waals surface area contributed by atoms with E-state index in [1.165, 1.54) is 0 Å². The molecule has 31 heavy (non-hydrogen) atoms. The topological polar surface area (TPSA) is 99.2 Å². The van der Waals surface area contributed by atoms with E-state index >= 15 is 0 Å². The van der Waals surface area contributed by atoms with Crippen molar-refractivity contribution in [2.45, 2.75) is 31.3 Å². The lowest BCUT2D eigenvalue weighted by molar-refractivity contribution is -0.129. The average molecular weight is 418 g/mol. The summed E-state index contributed by atoms with van der Waals surface area (Å²) in [4.78, 5) is 25.8. The summed E-state index contributed by atoms with van der Waals surface area (Å²) in [6.07, 6.45) is 4.37.